The van der Waals surface area contributed by atoms with Crippen LogP contribution < -0.4 is 14.8 Å². The number of anilines is 1. The largest absolute Gasteiger partial charge is 0.497 e. The van der Waals surface area contributed by atoms with Crippen molar-refractivity contribution in [2.24, 2.45) is 0 Å². The van der Waals surface area contributed by atoms with Crippen molar-refractivity contribution in [3.05, 3.63) is 52.6 Å². The lowest BCUT2D eigenvalue weighted by Gasteiger charge is -2.29. The van der Waals surface area contributed by atoms with Gasteiger partial charge in [0.1, 0.15) is 11.5 Å². The Labute approximate surface area is 136 Å². The molecule has 23 heavy (non-hydrogen) atoms. The highest BCUT2D eigenvalue weighted by molar-refractivity contribution is 5.96. The molecule has 120 valence electrons. The summed E-state index contributed by atoms with van der Waals surface area (Å²) in [6, 6.07) is 9.92. The highest BCUT2D eigenvalue weighted by Crippen LogP contribution is 2.43. The SMILES string of the molecule is COc1ccc(OC)c([C@@H]2CC(=O)Nc3c2ccc(C)c3C)c1. The van der Waals surface area contributed by atoms with Crippen molar-refractivity contribution in [2.75, 3.05) is 19.5 Å². The molecule has 1 aliphatic heterocycles. The summed E-state index contributed by atoms with van der Waals surface area (Å²) in [5.74, 6) is 1.52. The molecular formula is C19H21NO3. The quantitative estimate of drug-likeness (QED) is 0.938. The molecule has 4 nitrogen and oxygen atoms in total. The van der Waals surface area contributed by atoms with Gasteiger partial charge in [0.2, 0.25) is 5.91 Å². The molecule has 2 aromatic carbocycles. The Kier molecular flexibility index (Phi) is 3.99. The Balaban J connectivity index is 2.19. The number of carbonyl (C=O) groups is 1. The molecule has 1 aliphatic rings. The zero-order chi connectivity index (χ0) is 16.6. The second-order valence-corrected chi connectivity index (χ2v) is 5.88. The number of ether oxygens (including phenoxy) is 2. The molecule has 3 rings (SSSR count). The first-order valence-electron chi connectivity index (χ1n) is 7.67. The van der Waals surface area contributed by atoms with Gasteiger partial charge in [-0.15, -0.1) is 0 Å². The third kappa shape index (κ3) is 2.65. The summed E-state index contributed by atoms with van der Waals surface area (Å²) >= 11 is 0. The highest BCUT2D eigenvalue weighted by atomic mass is 16.5. The van der Waals surface area contributed by atoms with E-state index in [2.05, 4.69) is 24.4 Å². The maximum Gasteiger partial charge on any atom is 0.225 e. The molecule has 1 amide bonds. The lowest BCUT2D eigenvalue weighted by atomic mass is 9.82. The number of aryl methyl sites for hydroxylation is 1. The summed E-state index contributed by atoms with van der Waals surface area (Å²) in [7, 11) is 3.29. The fourth-order valence-electron chi connectivity index (χ4n) is 3.17. The average molecular weight is 311 g/mol. The maximum absolute atomic E-state index is 12.2. The van der Waals surface area contributed by atoms with Crippen molar-refractivity contribution in [3.63, 3.8) is 0 Å². The molecule has 0 radical (unpaired) electrons. The van der Waals surface area contributed by atoms with Gasteiger partial charge in [-0.05, 0) is 48.7 Å². The van der Waals surface area contributed by atoms with Crippen LogP contribution in [0.3, 0.4) is 0 Å². The Morgan fingerprint density at radius 2 is 1.83 bits per heavy atom. The van der Waals surface area contributed by atoms with E-state index in [0.717, 1.165) is 33.9 Å². The normalized spacial score (nSPS) is 16.5. The molecule has 0 unspecified atom stereocenters. The van der Waals surface area contributed by atoms with Crippen LogP contribution in [-0.2, 0) is 4.79 Å². The maximum atomic E-state index is 12.2. The van der Waals surface area contributed by atoms with Crippen LogP contribution in [0, 0.1) is 13.8 Å². The molecule has 4 heteroatoms. The number of hydrogen-bond donors (Lipinski definition) is 1. The number of carbonyl (C=O) groups excluding carboxylic acids is 1. The summed E-state index contributed by atoms with van der Waals surface area (Å²) < 4.78 is 10.9. The molecule has 0 aliphatic carbocycles. The van der Waals surface area contributed by atoms with E-state index in [-0.39, 0.29) is 11.8 Å². The molecule has 0 spiro atoms. The first-order valence-corrected chi connectivity index (χ1v) is 7.67. The number of benzene rings is 2. The van der Waals surface area contributed by atoms with Gasteiger partial charge in [0, 0.05) is 23.6 Å². The predicted octanol–water partition coefficient (Wildman–Crippen LogP) is 3.79. The van der Waals surface area contributed by atoms with Crippen LogP contribution in [0.2, 0.25) is 0 Å². The van der Waals surface area contributed by atoms with Crippen LogP contribution in [0.15, 0.2) is 30.3 Å². The van der Waals surface area contributed by atoms with E-state index in [1.54, 1.807) is 14.2 Å². The van der Waals surface area contributed by atoms with Crippen LogP contribution in [0.4, 0.5) is 5.69 Å². The van der Waals surface area contributed by atoms with E-state index in [1.807, 2.05) is 25.1 Å². The van der Waals surface area contributed by atoms with Crippen LogP contribution in [0.5, 0.6) is 11.5 Å². The van der Waals surface area contributed by atoms with Gasteiger partial charge in [-0.2, -0.15) is 0 Å². The predicted molar refractivity (Wildman–Crippen MR) is 90.6 cm³/mol. The number of amides is 1. The Morgan fingerprint density at radius 3 is 2.52 bits per heavy atom. The van der Waals surface area contributed by atoms with Crippen LogP contribution >= 0.6 is 0 Å². The summed E-state index contributed by atoms with van der Waals surface area (Å²) in [5.41, 5.74) is 5.31. The minimum atomic E-state index is -0.0388. The molecule has 1 atom stereocenters. The van der Waals surface area contributed by atoms with Gasteiger partial charge >= 0.3 is 0 Å². The third-order valence-electron chi connectivity index (χ3n) is 4.61. The number of hydrogen-bond acceptors (Lipinski definition) is 3. The van der Waals surface area contributed by atoms with Crippen LogP contribution in [-0.4, -0.2) is 20.1 Å². The van der Waals surface area contributed by atoms with Gasteiger partial charge in [-0.1, -0.05) is 12.1 Å². The standard InChI is InChI=1S/C19H21NO3/c1-11-5-7-14-15(10-18(21)20-19(14)12(11)2)16-9-13(22-3)6-8-17(16)23-4/h5-9,15H,10H2,1-4H3,(H,20,21)/t15-/m1/s1. The lowest BCUT2D eigenvalue weighted by Crippen LogP contribution is -2.24. The van der Waals surface area contributed by atoms with Crippen molar-refractivity contribution >= 4 is 11.6 Å². The minimum absolute atomic E-state index is 0.0288. The fraction of sp³-hybridized carbons (Fsp3) is 0.316. The number of nitrogens with one attached hydrogen (secondary N) is 1. The second kappa shape index (κ2) is 5.95. The molecule has 0 saturated heterocycles. The minimum Gasteiger partial charge on any atom is -0.497 e. The summed E-state index contributed by atoms with van der Waals surface area (Å²) in [5, 5.41) is 3.02. The van der Waals surface area contributed by atoms with Crippen molar-refractivity contribution in [1.29, 1.82) is 0 Å². The Morgan fingerprint density at radius 1 is 1.04 bits per heavy atom. The van der Waals surface area contributed by atoms with E-state index >= 15 is 0 Å². The average Bonchev–Trinajstić information content (AvgIpc) is 2.57. The van der Waals surface area contributed by atoms with E-state index in [1.165, 1.54) is 5.56 Å². The third-order valence-corrected chi connectivity index (χ3v) is 4.61. The van der Waals surface area contributed by atoms with Gasteiger partial charge in [-0.3, -0.25) is 4.79 Å². The van der Waals surface area contributed by atoms with Crippen molar-refractivity contribution in [1.82, 2.24) is 0 Å². The van der Waals surface area contributed by atoms with Gasteiger partial charge in [0.05, 0.1) is 14.2 Å². The van der Waals surface area contributed by atoms with Gasteiger partial charge in [0.15, 0.2) is 0 Å². The van der Waals surface area contributed by atoms with E-state index in [4.69, 9.17) is 9.47 Å². The highest BCUT2D eigenvalue weighted by Gasteiger charge is 2.30. The fourth-order valence-corrected chi connectivity index (χ4v) is 3.17. The molecule has 1 N–H and O–H groups in total. The number of fused-ring (bicyclic) bond motifs is 1. The van der Waals surface area contributed by atoms with E-state index in [0.29, 0.717) is 6.42 Å². The summed E-state index contributed by atoms with van der Waals surface area (Å²) in [4.78, 5) is 12.2. The number of methoxy groups -OCH3 is 2. The van der Waals surface area contributed by atoms with Gasteiger partial charge in [-0.25, -0.2) is 0 Å². The zero-order valence-corrected chi connectivity index (χ0v) is 13.9. The van der Waals surface area contributed by atoms with E-state index < -0.39 is 0 Å². The topological polar surface area (TPSA) is 47.6 Å². The molecular weight excluding hydrogens is 290 g/mol. The zero-order valence-electron chi connectivity index (χ0n) is 13.9. The second-order valence-electron chi connectivity index (χ2n) is 5.88. The monoisotopic (exact) mass is 311 g/mol. The van der Waals surface area contributed by atoms with Crippen LogP contribution in [0.1, 0.15) is 34.6 Å². The Hall–Kier alpha value is -2.49. The number of rotatable bonds is 3. The van der Waals surface area contributed by atoms with Gasteiger partial charge in [0.25, 0.3) is 0 Å². The first-order chi connectivity index (χ1) is 11.0. The summed E-state index contributed by atoms with van der Waals surface area (Å²) in [6.07, 6.45) is 0.402. The Bertz CT molecular complexity index is 767. The molecule has 0 bridgehead atoms. The van der Waals surface area contributed by atoms with Crippen LogP contribution in [0.25, 0.3) is 0 Å². The van der Waals surface area contributed by atoms with E-state index in [9.17, 15) is 4.79 Å². The van der Waals surface area contributed by atoms with Crippen molar-refractivity contribution in [3.8, 4) is 11.5 Å². The smallest absolute Gasteiger partial charge is 0.225 e. The molecule has 2 aromatic rings. The molecule has 1 heterocycles. The molecule has 0 fully saturated rings. The van der Waals surface area contributed by atoms with Gasteiger partial charge < -0.3 is 14.8 Å². The van der Waals surface area contributed by atoms with Crippen molar-refractivity contribution < 1.29 is 14.3 Å². The molecule has 0 aromatic heterocycles. The summed E-state index contributed by atoms with van der Waals surface area (Å²) in [6.45, 7) is 4.09. The molecule has 0 saturated carbocycles. The van der Waals surface area contributed by atoms with Crippen molar-refractivity contribution in [2.45, 2.75) is 26.2 Å². The lowest BCUT2D eigenvalue weighted by molar-refractivity contribution is -0.116. The first kappa shape index (κ1) is 15.4.